The van der Waals surface area contributed by atoms with E-state index in [9.17, 15) is 17.6 Å². The number of halogens is 6. The molecule has 236 valence electrons. The molecule has 0 saturated carbocycles. The maximum absolute atomic E-state index is 16.7. The molecule has 9 nitrogen and oxygen atoms in total. The van der Waals surface area contributed by atoms with Crippen LogP contribution in [0.15, 0.2) is 12.1 Å². The van der Waals surface area contributed by atoms with Gasteiger partial charge in [0.2, 0.25) is 0 Å². The number of alkyl halides is 4. The lowest BCUT2D eigenvalue weighted by Crippen LogP contribution is -2.64. The molecule has 0 radical (unpaired) electrons. The van der Waals surface area contributed by atoms with Crippen LogP contribution in [0, 0.1) is 12.7 Å². The fourth-order valence-electron chi connectivity index (χ4n) is 7.40. The Kier molecular flexibility index (Phi) is 7.26. The van der Waals surface area contributed by atoms with E-state index in [0.717, 1.165) is 25.5 Å². The second-order valence-electron chi connectivity index (χ2n) is 12.1. The molecule has 6 heterocycles. The van der Waals surface area contributed by atoms with Gasteiger partial charge in [-0.1, -0.05) is 11.6 Å². The predicted molar refractivity (Wildman–Crippen MR) is 154 cm³/mol. The first-order chi connectivity index (χ1) is 20.9. The average molecular weight is 640 g/mol. The van der Waals surface area contributed by atoms with Crippen molar-refractivity contribution in [2.45, 2.75) is 56.2 Å². The largest absolute Gasteiger partial charge is 0.461 e. The van der Waals surface area contributed by atoms with Gasteiger partial charge in [-0.15, -0.1) is 0 Å². The van der Waals surface area contributed by atoms with Crippen molar-refractivity contribution in [3.05, 3.63) is 34.1 Å². The predicted octanol–water partition coefficient (Wildman–Crippen LogP) is 4.53. The number of fused-ring (bicyclic) bond motifs is 4. The number of benzene rings is 1. The molecule has 4 aliphatic heterocycles. The van der Waals surface area contributed by atoms with Gasteiger partial charge in [-0.25, -0.2) is 13.8 Å². The van der Waals surface area contributed by atoms with Gasteiger partial charge in [0, 0.05) is 31.4 Å². The zero-order valence-electron chi connectivity index (χ0n) is 23.9. The molecule has 0 spiro atoms. The van der Waals surface area contributed by atoms with Crippen LogP contribution < -0.4 is 20.7 Å². The summed E-state index contributed by atoms with van der Waals surface area (Å²) in [7, 11) is 0. The summed E-state index contributed by atoms with van der Waals surface area (Å²) in [5, 5.41) is 3.27. The topological polar surface area (TPSA) is 102 Å². The van der Waals surface area contributed by atoms with Crippen LogP contribution in [-0.2, 0) is 10.9 Å². The molecule has 2 bridgehead atoms. The first-order valence-corrected chi connectivity index (χ1v) is 15.0. The van der Waals surface area contributed by atoms with E-state index in [4.69, 9.17) is 31.8 Å². The van der Waals surface area contributed by atoms with E-state index in [0.29, 0.717) is 45.1 Å². The number of rotatable bonds is 5. The molecule has 0 amide bonds. The summed E-state index contributed by atoms with van der Waals surface area (Å²) < 4.78 is 85.7. The summed E-state index contributed by atoms with van der Waals surface area (Å²) in [6.07, 6.45) is -3.90. The van der Waals surface area contributed by atoms with Gasteiger partial charge in [-0.05, 0) is 44.0 Å². The van der Waals surface area contributed by atoms with E-state index in [2.05, 4.69) is 20.2 Å². The van der Waals surface area contributed by atoms with Crippen LogP contribution in [0.4, 0.5) is 33.6 Å². The van der Waals surface area contributed by atoms with Crippen molar-refractivity contribution >= 4 is 34.1 Å². The number of aryl methyl sites for hydroxylation is 1. The van der Waals surface area contributed by atoms with Gasteiger partial charge in [-0.3, -0.25) is 4.90 Å². The normalized spacial score (nSPS) is 27.2. The average Bonchev–Trinajstić information content (AvgIpc) is 3.46. The fourth-order valence-corrected chi connectivity index (χ4v) is 7.68. The quantitative estimate of drug-likeness (QED) is 0.390. The molecule has 44 heavy (non-hydrogen) atoms. The number of nitrogen functional groups attached to an aromatic ring is 1. The lowest BCUT2D eigenvalue weighted by atomic mass is 9.95. The van der Waals surface area contributed by atoms with Crippen LogP contribution >= 0.6 is 11.6 Å². The Labute approximate surface area is 254 Å². The van der Waals surface area contributed by atoms with Gasteiger partial charge in [0.25, 0.3) is 0 Å². The van der Waals surface area contributed by atoms with Crippen molar-refractivity contribution in [3.8, 4) is 17.3 Å². The van der Waals surface area contributed by atoms with Gasteiger partial charge in [0.05, 0.1) is 52.7 Å². The lowest BCUT2D eigenvalue weighted by Gasteiger charge is -2.47. The zero-order valence-corrected chi connectivity index (χ0v) is 24.6. The third kappa shape index (κ3) is 4.90. The van der Waals surface area contributed by atoms with E-state index in [1.807, 2.05) is 4.90 Å². The van der Waals surface area contributed by atoms with Crippen molar-refractivity contribution in [2.75, 3.05) is 56.6 Å². The number of nitrogens with zero attached hydrogens (tertiary/aromatic N) is 5. The maximum atomic E-state index is 16.7. The SMILES string of the molecule is Cc1cc(N)nc(-c2c(Cl)cc3c(N4C5CNCC4COC5)nc(OCC45CCCN4CC(F)C5)nc3c2F)c1C(F)(F)F. The third-order valence-corrected chi connectivity index (χ3v) is 9.54. The highest BCUT2D eigenvalue weighted by molar-refractivity contribution is 6.34. The standard InChI is InChI=1S/C29H31ClF5N7O2/c1-14-5-20(36)38-25(22(14)29(33,34)35)21-19(30)6-18-24(23(21)32)39-27(44-13-28-3-2-4-41(28)10-15(31)7-28)40-26(18)42-16-8-37-9-17(42)12-43-11-16/h5-6,15-17,37H,2-4,7-13H2,1H3,(H2,36,38). The Morgan fingerprint density at radius 2 is 1.93 bits per heavy atom. The number of piperazine rings is 1. The number of nitrogens with two attached hydrogens (primary N) is 1. The van der Waals surface area contributed by atoms with Gasteiger partial charge in [0.15, 0.2) is 5.82 Å². The highest BCUT2D eigenvalue weighted by atomic mass is 35.5. The van der Waals surface area contributed by atoms with Crippen molar-refractivity contribution in [1.29, 1.82) is 0 Å². The molecular formula is C29H31ClF5N7O2. The maximum Gasteiger partial charge on any atom is 0.418 e. The lowest BCUT2D eigenvalue weighted by molar-refractivity contribution is -0.137. The molecule has 7 rings (SSSR count). The minimum absolute atomic E-state index is 0.0894. The summed E-state index contributed by atoms with van der Waals surface area (Å²) >= 11 is 6.59. The molecule has 4 fully saturated rings. The van der Waals surface area contributed by atoms with Crippen molar-refractivity contribution < 1.29 is 31.4 Å². The molecular weight excluding hydrogens is 609 g/mol. The van der Waals surface area contributed by atoms with Crippen molar-refractivity contribution in [3.63, 3.8) is 0 Å². The van der Waals surface area contributed by atoms with Crippen LogP contribution in [0.3, 0.4) is 0 Å². The number of anilines is 2. The van der Waals surface area contributed by atoms with Gasteiger partial charge >= 0.3 is 12.2 Å². The second kappa shape index (κ2) is 10.8. The van der Waals surface area contributed by atoms with E-state index in [1.54, 1.807) is 0 Å². The summed E-state index contributed by atoms with van der Waals surface area (Å²) in [6, 6.07) is 1.98. The molecule has 4 atom stereocenters. The zero-order chi connectivity index (χ0) is 31.0. The Balaban J connectivity index is 1.40. The highest BCUT2D eigenvalue weighted by Gasteiger charge is 2.49. The van der Waals surface area contributed by atoms with E-state index in [1.165, 1.54) is 13.0 Å². The Morgan fingerprint density at radius 3 is 2.66 bits per heavy atom. The highest BCUT2D eigenvalue weighted by Crippen LogP contribution is 2.45. The van der Waals surface area contributed by atoms with Crippen LogP contribution in [0.2, 0.25) is 5.02 Å². The van der Waals surface area contributed by atoms with Crippen LogP contribution in [0.25, 0.3) is 22.2 Å². The van der Waals surface area contributed by atoms with Crippen LogP contribution in [-0.4, -0.2) is 89.6 Å². The molecule has 2 aromatic heterocycles. The van der Waals surface area contributed by atoms with E-state index in [-0.39, 0.29) is 52.0 Å². The summed E-state index contributed by atoms with van der Waals surface area (Å²) in [5.74, 6) is -0.989. The minimum atomic E-state index is -4.86. The number of hydrogen-bond acceptors (Lipinski definition) is 9. The second-order valence-corrected chi connectivity index (χ2v) is 12.5. The van der Waals surface area contributed by atoms with Crippen molar-refractivity contribution in [1.82, 2.24) is 25.2 Å². The number of nitrogens with one attached hydrogen (secondary N) is 1. The van der Waals surface area contributed by atoms with Gasteiger partial charge in [-0.2, -0.15) is 23.1 Å². The van der Waals surface area contributed by atoms with E-state index >= 15 is 4.39 Å². The third-order valence-electron chi connectivity index (χ3n) is 9.24. The van der Waals surface area contributed by atoms with Crippen LogP contribution in [0.1, 0.15) is 30.4 Å². The minimum Gasteiger partial charge on any atom is -0.461 e. The summed E-state index contributed by atoms with van der Waals surface area (Å²) in [6.45, 7) is 4.31. The van der Waals surface area contributed by atoms with Gasteiger partial charge in [0.1, 0.15) is 29.9 Å². The monoisotopic (exact) mass is 639 g/mol. The molecule has 15 heteroatoms. The fraction of sp³-hybridized carbons (Fsp3) is 0.552. The first kappa shape index (κ1) is 29.6. The number of pyridine rings is 1. The smallest absolute Gasteiger partial charge is 0.418 e. The molecule has 4 saturated heterocycles. The molecule has 4 aliphatic rings. The van der Waals surface area contributed by atoms with Crippen molar-refractivity contribution in [2.24, 2.45) is 0 Å². The molecule has 0 aliphatic carbocycles. The van der Waals surface area contributed by atoms with E-state index < -0.39 is 40.5 Å². The Hall–Kier alpha value is -3.07. The first-order valence-electron chi connectivity index (χ1n) is 14.6. The molecule has 4 unspecified atom stereocenters. The summed E-state index contributed by atoms with van der Waals surface area (Å²) in [5.41, 5.74) is 2.37. The molecule has 3 N–H and O–H groups in total. The van der Waals surface area contributed by atoms with Gasteiger partial charge < -0.3 is 25.4 Å². The number of ether oxygens (including phenoxy) is 2. The number of aromatic nitrogens is 3. The molecule has 3 aromatic rings. The Morgan fingerprint density at radius 1 is 1.18 bits per heavy atom. The van der Waals surface area contributed by atoms with Crippen LogP contribution in [0.5, 0.6) is 6.01 Å². The number of hydrogen-bond donors (Lipinski definition) is 2. The summed E-state index contributed by atoms with van der Waals surface area (Å²) in [4.78, 5) is 17.1. The molecule has 1 aromatic carbocycles. The Bertz CT molecular complexity index is 1610. The number of morpholine rings is 1.